The van der Waals surface area contributed by atoms with Gasteiger partial charge in [0, 0.05) is 43.4 Å². The zero-order chi connectivity index (χ0) is 16.9. The van der Waals surface area contributed by atoms with Crippen LogP contribution < -0.4 is 4.90 Å². The number of hydrogen-bond donors (Lipinski definition) is 1. The topological polar surface area (TPSA) is 50.5 Å². The Bertz CT molecular complexity index is 718. The highest BCUT2D eigenvalue weighted by Gasteiger charge is 2.20. The van der Waals surface area contributed by atoms with Gasteiger partial charge in [0.2, 0.25) is 0 Å². The summed E-state index contributed by atoms with van der Waals surface area (Å²) in [6, 6.07) is 17.2. The lowest BCUT2D eigenvalue weighted by molar-refractivity contribution is 0.109. The number of piperazine rings is 1. The van der Waals surface area contributed by atoms with Crippen LogP contribution in [-0.2, 0) is 0 Å². The van der Waals surface area contributed by atoms with Gasteiger partial charge >= 0.3 is 0 Å². The quantitative estimate of drug-likeness (QED) is 0.928. The minimum absolute atomic E-state index is 0.532. The lowest BCUT2D eigenvalue weighted by Gasteiger charge is -2.37. The zero-order valence-electron chi connectivity index (χ0n) is 13.4. The Labute approximate surface area is 147 Å². The number of nitrogens with zero attached hydrogens (tertiary/aromatic N) is 3. The molecule has 5 heteroatoms. The van der Waals surface area contributed by atoms with Crippen LogP contribution in [0, 0.1) is 11.3 Å². The number of halogens is 1. The highest BCUT2D eigenvalue weighted by molar-refractivity contribution is 6.30. The third-order valence-electron chi connectivity index (χ3n) is 4.40. The van der Waals surface area contributed by atoms with Crippen LogP contribution in [0.3, 0.4) is 0 Å². The van der Waals surface area contributed by atoms with Crippen LogP contribution in [0.2, 0.25) is 5.02 Å². The normalized spacial score (nSPS) is 16.6. The summed E-state index contributed by atoms with van der Waals surface area (Å²) < 4.78 is 0. The first-order valence-electron chi connectivity index (χ1n) is 8.07. The summed E-state index contributed by atoms with van der Waals surface area (Å²) >= 11 is 6.06. The Hall–Kier alpha value is -2.06. The maximum absolute atomic E-state index is 10.4. The Morgan fingerprint density at radius 1 is 1.08 bits per heavy atom. The van der Waals surface area contributed by atoms with Gasteiger partial charge < -0.3 is 10.0 Å². The molecule has 1 unspecified atom stereocenters. The van der Waals surface area contributed by atoms with Crippen molar-refractivity contribution in [3.8, 4) is 6.07 Å². The van der Waals surface area contributed by atoms with Crippen molar-refractivity contribution in [3.63, 3.8) is 0 Å². The van der Waals surface area contributed by atoms with Crippen LogP contribution in [0.5, 0.6) is 0 Å². The first-order valence-corrected chi connectivity index (χ1v) is 8.44. The fourth-order valence-corrected chi connectivity index (χ4v) is 3.18. The minimum atomic E-state index is -0.532. The second-order valence-electron chi connectivity index (χ2n) is 6.02. The van der Waals surface area contributed by atoms with Crippen LogP contribution in [0.15, 0.2) is 48.5 Å². The molecule has 1 heterocycles. The highest BCUT2D eigenvalue weighted by Crippen LogP contribution is 2.22. The zero-order valence-corrected chi connectivity index (χ0v) is 14.2. The van der Waals surface area contributed by atoms with Crippen molar-refractivity contribution < 1.29 is 5.11 Å². The van der Waals surface area contributed by atoms with Crippen molar-refractivity contribution in [2.24, 2.45) is 0 Å². The summed E-state index contributed by atoms with van der Waals surface area (Å²) in [4.78, 5) is 4.58. The first-order chi connectivity index (χ1) is 11.7. The van der Waals surface area contributed by atoms with E-state index >= 15 is 0 Å². The Balaban J connectivity index is 1.54. The molecule has 1 aliphatic heterocycles. The van der Waals surface area contributed by atoms with Gasteiger partial charge in [-0.2, -0.15) is 5.26 Å². The molecule has 1 aliphatic rings. The van der Waals surface area contributed by atoms with E-state index in [1.165, 1.54) is 0 Å². The Morgan fingerprint density at radius 3 is 2.42 bits per heavy atom. The Morgan fingerprint density at radius 2 is 1.79 bits per heavy atom. The fourth-order valence-electron chi connectivity index (χ4n) is 2.99. The van der Waals surface area contributed by atoms with Crippen molar-refractivity contribution in [3.05, 3.63) is 64.7 Å². The van der Waals surface area contributed by atoms with E-state index in [-0.39, 0.29) is 0 Å². The van der Waals surface area contributed by atoms with Crippen LogP contribution in [0.25, 0.3) is 0 Å². The molecule has 0 amide bonds. The molecule has 1 fully saturated rings. The van der Waals surface area contributed by atoms with Gasteiger partial charge in [-0.25, -0.2) is 0 Å². The van der Waals surface area contributed by atoms with Crippen LogP contribution in [-0.4, -0.2) is 42.7 Å². The predicted molar refractivity (Wildman–Crippen MR) is 96.2 cm³/mol. The van der Waals surface area contributed by atoms with E-state index in [0.717, 1.165) is 42.5 Å². The fraction of sp³-hybridized carbons (Fsp3) is 0.316. The third-order valence-corrected chi connectivity index (χ3v) is 4.64. The number of hydrogen-bond acceptors (Lipinski definition) is 4. The smallest absolute Gasteiger partial charge is 0.0991 e. The van der Waals surface area contributed by atoms with Gasteiger partial charge in [0.25, 0.3) is 0 Å². The largest absolute Gasteiger partial charge is 0.387 e. The molecule has 0 saturated carbocycles. The number of aliphatic hydroxyl groups is 1. The van der Waals surface area contributed by atoms with Gasteiger partial charge in [-0.05, 0) is 35.9 Å². The van der Waals surface area contributed by atoms with Gasteiger partial charge in [0.1, 0.15) is 0 Å². The van der Waals surface area contributed by atoms with Crippen molar-refractivity contribution >= 4 is 17.3 Å². The molecule has 1 atom stereocenters. The molecular formula is C19H20ClN3O. The SMILES string of the molecule is N#Cc1ccc(C(O)CN2CCN(c3cccc(Cl)c3)CC2)cc1. The molecule has 0 spiro atoms. The first kappa shape index (κ1) is 16.8. The molecule has 0 aromatic heterocycles. The van der Waals surface area contributed by atoms with E-state index < -0.39 is 6.10 Å². The monoisotopic (exact) mass is 341 g/mol. The number of benzene rings is 2. The standard InChI is InChI=1S/C19H20ClN3O/c20-17-2-1-3-18(12-17)23-10-8-22(9-11-23)14-19(24)16-6-4-15(13-21)5-7-16/h1-7,12,19,24H,8-11,14H2. The average molecular weight is 342 g/mol. The maximum Gasteiger partial charge on any atom is 0.0991 e. The number of nitriles is 1. The van der Waals surface area contributed by atoms with Crippen molar-refractivity contribution in [1.82, 2.24) is 4.90 Å². The highest BCUT2D eigenvalue weighted by atomic mass is 35.5. The van der Waals surface area contributed by atoms with E-state index in [2.05, 4.69) is 21.9 Å². The molecule has 1 N–H and O–H groups in total. The van der Waals surface area contributed by atoms with Gasteiger partial charge in [-0.1, -0.05) is 29.8 Å². The molecule has 0 aliphatic carbocycles. The van der Waals surface area contributed by atoms with E-state index in [9.17, 15) is 5.11 Å². The second kappa shape index (κ2) is 7.67. The lowest BCUT2D eigenvalue weighted by atomic mass is 10.1. The molecule has 24 heavy (non-hydrogen) atoms. The van der Waals surface area contributed by atoms with Crippen LogP contribution >= 0.6 is 11.6 Å². The van der Waals surface area contributed by atoms with Gasteiger partial charge in [0.15, 0.2) is 0 Å². The molecule has 2 aromatic rings. The third kappa shape index (κ3) is 4.07. The number of anilines is 1. The number of aliphatic hydroxyl groups excluding tert-OH is 1. The van der Waals surface area contributed by atoms with Gasteiger partial charge in [0.05, 0.1) is 17.7 Å². The average Bonchev–Trinajstić information content (AvgIpc) is 2.62. The van der Waals surface area contributed by atoms with Crippen LogP contribution in [0.4, 0.5) is 5.69 Å². The van der Waals surface area contributed by atoms with E-state index in [4.69, 9.17) is 16.9 Å². The number of β-amino-alcohol motifs (C(OH)–C–C–N with tert-alkyl or cyclic N) is 1. The summed E-state index contributed by atoms with van der Waals surface area (Å²) in [5.74, 6) is 0. The van der Waals surface area contributed by atoms with Crippen molar-refractivity contribution in [2.45, 2.75) is 6.10 Å². The summed E-state index contributed by atoms with van der Waals surface area (Å²) in [7, 11) is 0. The predicted octanol–water partition coefficient (Wildman–Crippen LogP) is 3.07. The van der Waals surface area contributed by atoms with Crippen LogP contribution in [0.1, 0.15) is 17.2 Å². The summed E-state index contributed by atoms with van der Waals surface area (Å²) in [6.45, 7) is 4.25. The Kier molecular flexibility index (Phi) is 5.37. The second-order valence-corrected chi connectivity index (χ2v) is 6.45. The summed E-state index contributed by atoms with van der Waals surface area (Å²) in [5, 5.41) is 20.0. The molecule has 0 radical (unpaired) electrons. The molecule has 124 valence electrons. The van der Waals surface area contributed by atoms with Crippen molar-refractivity contribution in [1.29, 1.82) is 5.26 Å². The van der Waals surface area contributed by atoms with E-state index in [1.807, 2.05) is 30.3 Å². The summed E-state index contributed by atoms with van der Waals surface area (Å²) in [5.41, 5.74) is 2.61. The van der Waals surface area contributed by atoms with Gasteiger partial charge in [-0.3, -0.25) is 4.90 Å². The van der Waals surface area contributed by atoms with Gasteiger partial charge in [-0.15, -0.1) is 0 Å². The lowest BCUT2D eigenvalue weighted by Crippen LogP contribution is -2.47. The molecule has 4 nitrogen and oxygen atoms in total. The molecule has 3 rings (SSSR count). The number of rotatable bonds is 4. The maximum atomic E-state index is 10.4. The van der Waals surface area contributed by atoms with Crippen molar-refractivity contribution in [2.75, 3.05) is 37.6 Å². The molecule has 1 saturated heterocycles. The van der Waals surface area contributed by atoms with E-state index in [0.29, 0.717) is 12.1 Å². The molecule has 0 bridgehead atoms. The molecular weight excluding hydrogens is 322 g/mol. The van der Waals surface area contributed by atoms with E-state index in [1.54, 1.807) is 12.1 Å². The summed E-state index contributed by atoms with van der Waals surface area (Å²) in [6.07, 6.45) is -0.532. The minimum Gasteiger partial charge on any atom is -0.387 e. The molecule has 2 aromatic carbocycles.